The first-order chi connectivity index (χ1) is 7.94. The van der Waals surface area contributed by atoms with Crippen LogP contribution >= 0.6 is 0 Å². The van der Waals surface area contributed by atoms with E-state index in [1.54, 1.807) is 6.92 Å². The Labute approximate surface area is 104 Å². The summed E-state index contributed by atoms with van der Waals surface area (Å²) in [5.41, 5.74) is -0.852. The zero-order valence-corrected chi connectivity index (χ0v) is 11.4. The van der Waals surface area contributed by atoms with Crippen LogP contribution in [-0.2, 0) is 0 Å². The van der Waals surface area contributed by atoms with Gasteiger partial charge in [-0.1, -0.05) is 32.4 Å². The summed E-state index contributed by atoms with van der Waals surface area (Å²) in [5.74, 6) is 0.158. The Balaban J connectivity index is 3.83. The molecule has 0 aliphatic rings. The maximum Gasteiger partial charge on any atom is 0.314 e. The Kier molecular flexibility index (Phi) is 7.63. The molecule has 0 aromatic rings. The van der Waals surface area contributed by atoms with Crippen molar-refractivity contribution in [2.24, 2.45) is 5.92 Å². The zero-order chi connectivity index (χ0) is 13.3. The first-order valence-electron chi connectivity index (χ1n) is 6.29. The molecule has 0 aliphatic carbocycles. The summed E-state index contributed by atoms with van der Waals surface area (Å²) in [6, 6.07) is -0.224. The van der Waals surface area contributed by atoms with Crippen molar-refractivity contribution in [3.8, 4) is 0 Å². The Morgan fingerprint density at radius 1 is 1.47 bits per heavy atom. The van der Waals surface area contributed by atoms with Gasteiger partial charge in [0.1, 0.15) is 0 Å². The molecule has 0 rings (SSSR count). The van der Waals surface area contributed by atoms with E-state index in [1.165, 1.54) is 0 Å². The van der Waals surface area contributed by atoms with Gasteiger partial charge in [0, 0.05) is 13.1 Å². The highest BCUT2D eigenvalue weighted by Gasteiger charge is 2.27. The van der Waals surface area contributed by atoms with Crippen LogP contribution in [0.1, 0.15) is 40.5 Å². The molecular weight excluding hydrogens is 216 g/mol. The third kappa shape index (κ3) is 7.00. The summed E-state index contributed by atoms with van der Waals surface area (Å²) in [7, 11) is 0. The standard InChI is InChI=1S/C13H26N2O2/c1-5-7-8-9-14-12(16)15-10-13(4,17)11(3)6-2/h5,7,11,17H,6,8-10H2,1-4H3,(H2,14,15,16). The monoisotopic (exact) mass is 242 g/mol. The van der Waals surface area contributed by atoms with Gasteiger partial charge in [0.05, 0.1) is 5.60 Å². The zero-order valence-electron chi connectivity index (χ0n) is 11.4. The van der Waals surface area contributed by atoms with Gasteiger partial charge in [-0.05, 0) is 26.2 Å². The first-order valence-corrected chi connectivity index (χ1v) is 6.29. The molecule has 2 atom stereocenters. The number of carbonyl (C=O) groups excluding carboxylic acids is 1. The van der Waals surface area contributed by atoms with Crippen molar-refractivity contribution < 1.29 is 9.90 Å². The maximum absolute atomic E-state index is 11.4. The summed E-state index contributed by atoms with van der Waals surface area (Å²) in [6.07, 6.45) is 5.66. The molecule has 3 N–H and O–H groups in total. The number of carbonyl (C=O) groups is 1. The largest absolute Gasteiger partial charge is 0.388 e. The quantitative estimate of drug-likeness (QED) is 0.472. The first kappa shape index (κ1) is 16.0. The van der Waals surface area contributed by atoms with E-state index < -0.39 is 5.60 Å². The number of allylic oxidation sites excluding steroid dienone is 1. The van der Waals surface area contributed by atoms with Gasteiger partial charge < -0.3 is 15.7 Å². The SMILES string of the molecule is CC=CCCNC(=O)NCC(C)(O)C(C)CC. The summed E-state index contributed by atoms with van der Waals surface area (Å²) in [5, 5.41) is 15.5. The molecule has 0 aromatic carbocycles. The average Bonchev–Trinajstić information content (AvgIpc) is 2.31. The van der Waals surface area contributed by atoms with E-state index in [1.807, 2.05) is 32.9 Å². The molecule has 0 aliphatic heterocycles. The van der Waals surface area contributed by atoms with Gasteiger partial charge in [0.2, 0.25) is 0 Å². The second-order valence-electron chi connectivity index (χ2n) is 4.63. The highest BCUT2D eigenvalue weighted by molar-refractivity contribution is 5.73. The van der Waals surface area contributed by atoms with Gasteiger partial charge in [-0.2, -0.15) is 0 Å². The van der Waals surface area contributed by atoms with Crippen molar-refractivity contribution in [3.63, 3.8) is 0 Å². The Morgan fingerprint density at radius 2 is 2.12 bits per heavy atom. The van der Waals surface area contributed by atoms with Crippen LogP contribution in [0, 0.1) is 5.92 Å². The fraction of sp³-hybridized carbons (Fsp3) is 0.769. The minimum atomic E-state index is -0.852. The number of aliphatic hydroxyl groups is 1. The number of urea groups is 1. The minimum Gasteiger partial charge on any atom is -0.388 e. The summed E-state index contributed by atoms with van der Waals surface area (Å²) >= 11 is 0. The van der Waals surface area contributed by atoms with Gasteiger partial charge >= 0.3 is 6.03 Å². The topological polar surface area (TPSA) is 61.4 Å². The van der Waals surface area contributed by atoms with E-state index in [4.69, 9.17) is 0 Å². The Hall–Kier alpha value is -1.03. The smallest absolute Gasteiger partial charge is 0.314 e. The van der Waals surface area contributed by atoms with E-state index in [-0.39, 0.29) is 18.5 Å². The second-order valence-corrected chi connectivity index (χ2v) is 4.63. The van der Waals surface area contributed by atoms with Crippen molar-refractivity contribution in [2.75, 3.05) is 13.1 Å². The number of rotatable bonds is 7. The van der Waals surface area contributed by atoms with E-state index in [0.717, 1.165) is 12.8 Å². The summed E-state index contributed by atoms with van der Waals surface area (Å²) in [4.78, 5) is 11.4. The van der Waals surface area contributed by atoms with Crippen LogP contribution in [-0.4, -0.2) is 29.8 Å². The lowest BCUT2D eigenvalue weighted by Crippen LogP contribution is -2.48. The molecule has 4 nitrogen and oxygen atoms in total. The van der Waals surface area contributed by atoms with Gasteiger partial charge in [-0.3, -0.25) is 0 Å². The van der Waals surface area contributed by atoms with E-state index in [2.05, 4.69) is 10.6 Å². The minimum absolute atomic E-state index is 0.158. The van der Waals surface area contributed by atoms with E-state index in [0.29, 0.717) is 6.54 Å². The van der Waals surface area contributed by atoms with Crippen LogP contribution in [0.2, 0.25) is 0 Å². The number of hydrogen-bond acceptors (Lipinski definition) is 2. The molecule has 0 radical (unpaired) electrons. The molecule has 0 spiro atoms. The van der Waals surface area contributed by atoms with Gasteiger partial charge in [-0.25, -0.2) is 4.79 Å². The lowest BCUT2D eigenvalue weighted by molar-refractivity contribution is 0.00792. The van der Waals surface area contributed by atoms with Crippen molar-refractivity contribution >= 4 is 6.03 Å². The van der Waals surface area contributed by atoms with Gasteiger partial charge in [0.25, 0.3) is 0 Å². The molecule has 0 heterocycles. The Morgan fingerprint density at radius 3 is 2.65 bits per heavy atom. The predicted molar refractivity (Wildman–Crippen MR) is 70.9 cm³/mol. The number of hydrogen-bond donors (Lipinski definition) is 3. The number of nitrogens with one attached hydrogen (secondary N) is 2. The average molecular weight is 242 g/mol. The molecule has 2 amide bonds. The predicted octanol–water partition coefficient (Wildman–Crippen LogP) is 2.05. The molecule has 17 heavy (non-hydrogen) atoms. The number of amides is 2. The third-order valence-corrected chi connectivity index (χ3v) is 3.11. The second kappa shape index (κ2) is 8.12. The van der Waals surface area contributed by atoms with Crippen LogP contribution in [0.5, 0.6) is 0 Å². The summed E-state index contributed by atoms with van der Waals surface area (Å²) < 4.78 is 0. The van der Waals surface area contributed by atoms with Crippen molar-refractivity contribution in [2.45, 2.75) is 46.1 Å². The van der Waals surface area contributed by atoms with Gasteiger partial charge in [0.15, 0.2) is 0 Å². The molecule has 0 bridgehead atoms. The molecule has 0 saturated heterocycles. The fourth-order valence-corrected chi connectivity index (χ4v) is 1.37. The van der Waals surface area contributed by atoms with Gasteiger partial charge in [-0.15, -0.1) is 0 Å². The summed E-state index contributed by atoms with van der Waals surface area (Å²) in [6.45, 7) is 8.59. The molecule has 0 fully saturated rings. The van der Waals surface area contributed by atoms with Crippen LogP contribution in [0.25, 0.3) is 0 Å². The fourth-order valence-electron chi connectivity index (χ4n) is 1.37. The molecule has 0 saturated carbocycles. The lowest BCUT2D eigenvalue weighted by atomic mass is 9.89. The molecular formula is C13H26N2O2. The van der Waals surface area contributed by atoms with Crippen LogP contribution in [0.15, 0.2) is 12.2 Å². The maximum atomic E-state index is 11.4. The normalized spacial score (nSPS) is 16.5. The van der Waals surface area contributed by atoms with Crippen LogP contribution < -0.4 is 10.6 Å². The molecule has 100 valence electrons. The van der Waals surface area contributed by atoms with E-state index >= 15 is 0 Å². The highest BCUT2D eigenvalue weighted by atomic mass is 16.3. The Bertz CT molecular complexity index is 250. The van der Waals surface area contributed by atoms with Crippen molar-refractivity contribution in [1.29, 1.82) is 0 Å². The van der Waals surface area contributed by atoms with Crippen LogP contribution in [0.4, 0.5) is 4.79 Å². The molecule has 0 aromatic heterocycles. The highest BCUT2D eigenvalue weighted by Crippen LogP contribution is 2.18. The third-order valence-electron chi connectivity index (χ3n) is 3.11. The van der Waals surface area contributed by atoms with Crippen molar-refractivity contribution in [1.82, 2.24) is 10.6 Å². The lowest BCUT2D eigenvalue weighted by Gasteiger charge is -2.29. The van der Waals surface area contributed by atoms with Crippen molar-refractivity contribution in [3.05, 3.63) is 12.2 Å². The molecule has 2 unspecified atom stereocenters. The molecule has 4 heteroatoms. The van der Waals surface area contributed by atoms with Crippen LogP contribution in [0.3, 0.4) is 0 Å². The van der Waals surface area contributed by atoms with E-state index in [9.17, 15) is 9.90 Å².